The van der Waals surface area contributed by atoms with Crippen LogP contribution in [0.15, 0.2) is 0 Å². The predicted octanol–water partition coefficient (Wildman–Crippen LogP) is -1.03. The molecule has 2 heterocycles. The van der Waals surface area contributed by atoms with Gasteiger partial charge >= 0.3 is 0 Å². The number of nitrogens with two attached hydrogens (primary N) is 1. The lowest BCUT2D eigenvalue weighted by Crippen LogP contribution is -2.56. The molecule has 1 unspecified atom stereocenters. The van der Waals surface area contributed by atoms with Gasteiger partial charge in [0.05, 0.1) is 19.1 Å². The number of carbonyl (C=O) groups is 2. The molecule has 1 fully saturated rings. The van der Waals surface area contributed by atoms with Crippen LogP contribution >= 0.6 is 11.3 Å². The number of rotatable bonds is 2. The van der Waals surface area contributed by atoms with E-state index in [-0.39, 0.29) is 24.4 Å². The van der Waals surface area contributed by atoms with Gasteiger partial charge in [0.2, 0.25) is 16.9 Å². The van der Waals surface area contributed by atoms with Crippen LogP contribution in [0.5, 0.6) is 0 Å². The Bertz CT molecular complexity index is 432. The molecule has 1 saturated heterocycles. The van der Waals surface area contributed by atoms with E-state index in [1.54, 1.807) is 11.8 Å². The van der Waals surface area contributed by atoms with Gasteiger partial charge in [-0.15, -0.1) is 10.2 Å². The van der Waals surface area contributed by atoms with Crippen LogP contribution in [0.25, 0.3) is 0 Å². The number of hydrogen-bond acceptors (Lipinski definition) is 7. The Morgan fingerprint density at radius 1 is 1.56 bits per heavy atom. The largest absolute Gasteiger partial charge is 0.374 e. The molecule has 1 aliphatic heterocycles. The number of carbonyl (C=O) groups excluding carboxylic acids is 2. The fourth-order valence-corrected chi connectivity index (χ4v) is 2.10. The minimum absolute atomic E-state index is 0.187. The summed E-state index contributed by atoms with van der Waals surface area (Å²) >= 11 is 1.26. The SMILES string of the molecule is CC1C(=O)NC(=O)CN1Cc1nnc(N)s1. The van der Waals surface area contributed by atoms with E-state index in [1.807, 2.05) is 0 Å². The topological polar surface area (TPSA) is 101 Å². The van der Waals surface area contributed by atoms with E-state index in [2.05, 4.69) is 15.5 Å². The highest BCUT2D eigenvalue weighted by Gasteiger charge is 2.30. The van der Waals surface area contributed by atoms with Crippen molar-refractivity contribution in [2.45, 2.75) is 19.5 Å². The van der Waals surface area contributed by atoms with Crippen molar-refractivity contribution in [3.05, 3.63) is 5.01 Å². The van der Waals surface area contributed by atoms with E-state index in [9.17, 15) is 9.59 Å². The first kappa shape index (κ1) is 11.0. The summed E-state index contributed by atoms with van der Waals surface area (Å²) in [4.78, 5) is 24.3. The molecular formula is C8H11N5O2S. The molecule has 1 aromatic rings. The van der Waals surface area contributed by atoms with Crippen LogP contribution < -0.4 is 11.1 Å². The monoisotopic (exact) mass is 241 g/mol. The molecule has 7 nitrogen and oxygen atoms in total. The zero-order chi connectivity index (χ0) is 11.7. The Balaban J connectivity index is 2.08. The van der Waals surface area contributed by atoms with E-state index in [1.165, 1.54) is 11.3 Å². The number of piperazine rings is 1. The number of nitrogens with zero attached hydrogens (tertiary/aromatic N) is 3. The van der Waals surface area contributed by atoms with Gasteiger partial charge < -0.3 is 5.73 Å². The summed E-state index contributed by atoms with van der Waals surface area (Å²) in [5.74, 6) is -0.575. The molecule has 1 aromatic heterocycles. The highest BCUT2D eigenvalue weighted by Crippen LogP contribution is 2.16. The number of nitrogens with one attached hydrogen (secondary N) is 1. The van der Waals surface area contributed by atoms with Crippen molar-refractivity contribution in [3.63, 3.8) is 0 Å². The average molecular weight is 241 g/mol. The first-order valence-corrected chi connectivity index (χ1v) is 5.53. The smallest absolute Gasteiger partial charge is 0.243 e. The Morgan fingerprint density at radius 3 is 2.94 bits per heavy atom. The maximum atomic E-state index is 11.4. The highest BCUT2D eigenvalue weighted by atomic mass is 32.1. The van der Waals surface area contributed by atoms with Crippen LogP contribution in [-0.4, -0.2) is 39.5 Å². The number of amides is 2. The van der Waals surface area contributed by atoms with Gasteiger partial charge in [0, 0.05) is 0 Å². The summed E-state index contributed by atoms with van der Waals surface area (Å²) in [5.41, 5.74) is 5.45. The van der Waals surface area contributed by atoms with E-state index in [0.29, 0.717) is 16.7 Å². The second-order valence-electron chi connectivity index (χ2n) is 3.53. The molecule has 86 valence electrons. The maximum Gasteiger partial charge on any atom is 0.243 e. The van der Waals surface area contributed by atoms with Crippen LogP contribution in [0, 0.1) is 0 Å². The van der Waals surface area contributed by atoms with E-state index in [4.69, 9.17) is 5.73 Å². The molecule has 2 rings (SSSR count). The summed E-state index contributed by atoms with van der Waals surface area (Å²) in [6.45, 7) is 2.34. The molecule has 1 atom stereocenters. The van der Waals surface area contributed by atoms with Gasteiger partial charge in [0.25, 0.3) is 0 Å². The molecule has 2 amide bonds. The van der Waals surface area contributed by atoms with E-state index >= 15 is 0 Å². The Kier molecular flexibility index (Phi) is 2.84. The molecule has 16 heavy (non-hydrogen) atoms. The average Bonchev–Trinajstić information content (AvgIpc) is 2.60. The van der Waals surface area contributed by atoms with Crippen molar-refractivity contribution in [2.75, 3.05) is 12.3 Å². The first-order chi connectivity index (χ1) is 7.56. The number of aromatic nitrogens is 2. The molecule has 0 aliphatic carbocycles. The minimum Gasteiger partial charge on any atom is -0.374 e. The summed E-state index contributed by atoms with van der Waals surface area (Å²) < 4.78 is 0. The number of nitrogen functional groups attached to an aromatic ring is 1. The third kappa shape index (κ3) is 2.17. The summed E-state index contributed by atoms with van der Waals surface area (Å²) in [5, 5.41) is 10.9. The minimum atomic E-state index is -0.345. The highest BCUT2D eigenvalue weighted by molar-refractivity contribution is 7.15. The van der Waals surface area contributed by atoms with Gasteiger partial charge in [0.1, 0.15) is 5.01 Å². The second kappa shape index (κ2) is 4.14. The molecular weight excluding hydrogens is 230 g/mol. The number of hydrogen-bond donors (Lipinski definition) is 2. The number of anilines is 1. The fraction of sp³-hybridized carbons (Fsp3) is 0.500. The van der Waals surface area contributed by atoms with Crippen LogP contribution in [0.1, 0.15) is 11.9 Å². The quantitative estimate of drug-likeness (QED) is 0.642. The molecule has 0 spiro atoms. The molecule has 0 bridgehead atoms. The predicted molar refractivity (Wildman–Crippen MR) is 57.3 cm³/mol. The van der Waals surface area contributed by atoms with Gasteiger partial charge in [-0.25, -0.2) is 0 Å². The van der Waals surface area contributed by atoms with Crippen molar-refractivity contribution in [3.8, 4) is 0 Å². The lowest BCUT2D eigenvalue weighted by Gasteiger charge is -2.30. The van der Waals surface area contributed by atoms with Crippen LogP contribution in [0.2, 0.25) is 0 Å². The Hall–Kier alpha value is -1.54. The van der Waals surface area contributed by atoms with Crippen LogP contribution in [0.3, 0.4) is 0 Å². The molecule has 0 saturated carbocycles. The molecule has 1 aliphatic rings. The first-order valence-electron chi connectivity index (χ1n) is 4.72. The summed E-state index contributed by atoms with van der Waals surface area (Å²) in [6, 6.07) is -0.345. The molecule has 0 radical (unpaired) electrons. The Labute approximate surface area is 95.6 Å². The van der Waals surface area contributed by atoms with Crippen LogP contribution in [-0.2, 0) is 16.1 Å². The second-order valence-corrected chi connectivity index (χ2v) is 4.62. The van der Waals surface area contributed by atoms with Crippen LogP contribution in [0.4, 0.5) is 5.13 Å². The third-order valence-electron chi connectivity index (χ3n) is 2.36. The maximum absolute atomic E-state index is 11.4. The molecule has 8 heteroatoms. The van der Waals surface area contributed by atoms with Crippen molar-refractivity contribution >= 4 is 28.3 Å². The van der Waals surface area contributed by atoms with Crippen molar-refractivity contribution in [1.82, 2.24) is 20.4 Å². The fourth-order valence-electron chi connectivity index (χ4n) is 1.47. The zero-order valence-corrected chi connectivity index (χ0v) is 9.45. The summed E-state index contributed by atoms with van der Waals surface area (Å²) in [6.07, 6.45) is 0. The lowest BCUT2D eigenvalue weighted by molar-refractivity contribution is -0.139. The summed E-state index contributed by atoms with van der Waals surface area (Å²) in [7, 11) is 0. The van der Waals surface area contributed by atoms with Gasteiger partial charge in [-0.1, -0.05) is 11.3 Å². The van der Waals surface area contributed by atoms with Crippen molar-refractivity contribution < 1.29 is 9.59 Å². The standard InChI is InChI=1S/C8H11N5O2S/c1-4-7(15)10-5(14)2-13(4)3-6-11-12-8(9)16-6/h4H,2-3H2,1H3,(H2,9,12)(H,10,14,15). The van der Waals surface area contributed by atoms with Gasteiger partial charge in [-0.2, -0.15) is 0 Å². The van der Waals surface area contributed by atoms with Gasteiger partial charge in [-0.3, -0.25) is 19.8 Å². The zero-order valence-electron chi connectivity index (χ0n) is 8.64. The van der Waals surface area contributed by atoms with E-state index in [0.717, 1.165) is 0 Å². The molecule has 3 N–H and O–H groups in total. The number of imide groups is 1. The lowest BCUT2D eigenvalue weighted by atomic mass is 10.2. The third-order valence-corrected chi connectivity index (χ3v) is 3.09. The van der Waals surface area contributed by atoms with E-state index < -0.39 is 0 Å². The molecule has 0 aromatic carbocycles. The van der Waals surface area contributed by atoms with Crippen molar-refractivity contribution in [2.24, 2.45) is 0 Å². The Morgan fingerprint density at radius 2 is 2.31 bits per heavy atom. The van der Waals surface area contributed by atoms with Gasteiger partial charge in [-0.05, 0) is 6.92 Å². The van der Waals surface area contributed by atoms with Gasteiger partial charge in [0.15, 0.2) is 0 Å². The normalized spacial score (nSPS) is 22.2. The van der Waals surface area contributed by atoms with Crippen molar-refractivity contribution in [1.29, 1.82) is 0 Å².